The first kappa shape index (κ1) is 9.77. The maximum atomic E-state index is 5.75. The number of allylic oxidation sites excluding steroid dienone is 1. The van der Waals surface area contributed by atoms with Crippen LogP contribution in [0.2, 0.25) is 0 Å². The summed E-state index contributed by atoms with van der Waals surface area (Å²) in [5.74, 6) is 0. The van der Waals surface area contributed by atoms with Gasteiger partial charge in [-0.2, -0.15) is 5.10 Å². The average Bonchev–Trinajstić information content (AvgIpc) is 2.62. The minimum Gasteiger partial charge on any atom is -0.399 e. The Kier molecular flexibility index (Phi) is 2.72. The van der Waals surface area contributed by atoms with Crippen molar-refractivity contribution in [1.82, 2.24) is 9.78 Å². The van der Waals surface area contributed by atoms with Crippen molar-refractivity contribution < 1.29 is 0 Å². The molecule has 1 aromatic heterocycles. The molecule has 0 unspecified atom stereocenters. The van der Waals surface area contributed by atoms with E-state index < -0.39 is 0 Å². The lowest BCUT2D eigenvalue weighted by Crippen LogP contribution is -1.99. The fraction of sp³-hybridized carbons (Fsp3) is 0.250. The van der Waals surface area contributed by atoms with Crippen molar-refractivity contribution in [1.29, 1.82) is 0 Å². The number of nitrogens with zero attached hydrogens (tertiary/aromatic N) is 2. The van der Waals surface area contributed by atoms with Crippen molar-refractivity contribution in [2.75, 3.05) is 5.73 Å². The van der Waals surface area contributed by atoms with Crippen LogP contribution >= 0.6 is 0 Å². The third-order valence-electron chi connectivity index (χ3n) is 2.45. The predicted octanol–water partition coefficient (Wildman–Crippen LogP) is 2.58. The lowest BCUT2D eigenvalue weighted by atomic mass is 10.2. The fourth-order valence-electron chi connectivity index (χ4n) is 1.65. The van der Waals surface area contributed by atoms with Crippen molar-refractivity contribution in [2.24, 2.45) is 0 Å². The third kappa shape index (κ3) is 2.01. The maximum absolute atomic E-state index is 5.75. The van der Waals surface area contributed by atoms with Crippen molar-refractivity contribution in [3.05, 3.63) is 37.1 Å². The van der Waals surface area contributed by atoms with Crippen LogP contribution in [0.5, 0.6) is 0 Å². The predicted molar refractivity (Wildman–Crippen MR) is 63.6 cm³/mol. The maximum Gasteiger partial charge on any atom is 0.0702 e. The van der Waals surface area contributed by atoms with Gasteiger partial charge in [0, 0.05) is 17.6 Å². The number of nitrogen functional groups attached to an aromatic ring is 1. The molecular formula is C12H15N3. The summed E-state index contributed by atoms with van der Waals surface area (Å²) >= 11 is 0. The van der Waals surface area contributed by atoms with E-state index in [1.807, 2.05) is 35.2 Å². The molecule has 2 aromatic rings. The monoisotopic (exact) mass is 201 g/mol. The Morgan fingerprint density at radius 2 is 2.33 bits per heavy atom. The number of rotatable bonds is 4. The Morgan fingerprint density at radius 1 is 1.47 bits per heavy atom. The molecule has 0 radical (unpaired) electrons. The summed E-state index contributed by atoms with van der Waals surface area (Å²) in [6, 6.07) is 5.87. The Bertz CT molecular complexity index is 471. The largest absolute Gasteiger partial charge is 0.399 e. The Hall–Kier alpha value is -1.77. The Labute approximate surface area is 89.2 Å². The molecule has 0 aliphatic rings. The number of anilines is 1. The van der Waals surface area contributed by atoms with Crippen LogP contribution in [0.15, 0.2) is 37.1 Å². The number of unbranched alkanes of at least 4 members (excludes halogenated alkanes) is 1. The molecule has 0 atom stereocenters. The zero-order valence-corrected chi connectivity index (χ0v) is 8.69. The van der Waals surface area contributed by atoms with E-state index in [4.69, 9.17) is 5.73 Å². The van der Waals surface area contributed by atoms with E-state index >= 15 is 0 Å². The summed E-state index contributed by atoms with van der Waals surface area (Å²) in [6.07, 6.45) is 5.89. The molecule has 0 fully saturated rings. The molecule has 2 N–H and O–H groups in total. The van der Waals surface area contributed by atoms with Crippen LogP contribution < -0.4 is 5.73 Å². The molecule has 15 heavy (non-hydrogen) atoms. The van der Waals surface area contributed by atoms with Gasteiger partial charge in [0.15, 0.2) is 0 Å². The molecule has 1 aromatic carbocycles. The van der Waals surface area contributed by atoms with Gasteiger partial charge in [-0.15, -0.1) is 6.58 Å². The molecule has 0 saturated heterocycles. The van der Waals surface area contributed by atoms with Crippen LogP contribution in [0.1, 0.15) is 12.8 Å². The minimum absolute atomic E-state index is 0.785. The molecule has 0 saturated carbocycles. The standard InChI is InChI=1S/C12H15N3/c1-2-3-4-7-15-12-8-11(13)6-5-10(12)9-14-15/h2,5-6,8-9H,1,3-4,7,13H2. The van der Waals surface area contributed by atoms with Crippen molar-refractivity contribution in [3.63, 3.8) is 0 Å². The molecule has 0 aliphatic heterocycles. The van der Waals surface area contributed by atoms with Gasteiger partial charge in [-0.05, 0) is 31.0 Å². The van der Waals surface area contributed by atoms with Crippen LogP contribution in [0.25, 0.3) is 10.9 Å². The van der Waals surface area contributed by atoms with Gasteiger partial charge >= 0.3 is 0 Å². The highest BCUT2D eigenvalue weighted by Crippen LogP contribution is 2.17. The molecule has 0 bridgehead atoms. The van der Waals surface area contributed by atoms with Gasteiger partial charge in [-0.3, -0.25) is 4.68 Å². The number of aromatic nitrogens is 2. The minimum atomic E-state index is 0.785. The zero-order chi connectivity index (χ0) is 10.7. The van der Waals surface area contributed by atoms with E-state index in [1.165, 1.54) is 0 Å². The van der Waals surface area contributed by atoms with E-state index in [2.05, 4.69) is 11.7 Å². The molecule has 78 valence electrons. The fourth-order valence-corrected chi connectivity index (χ4v) is 1.65. The van der Waals surface area contributed by atoms with Crippen LogP contribution in [0.4, 0.5) is 5.69 Å². The SMILES string of the molecule is C=CCCCn1ncc2ccc(N)cc21. The lowest BCUT2D eigenvalue weighted by Gasteiger charge is -2.02. The second-order valence-electron chi connectivity index (χ2n) is 3.62. The summed E-state index contributed by atoms with van der Waals surface area (Å²) in [6.45, 7) is 4.62. The Balaban J connectivity index is 2.27. The number of nitrogens with two attached hydrogens (primary N) is 1. The van der Waals surface area contributed by atoms with Crippen molar-refractivity contribution in [3.8, 4) is 0 Å². The van der Waals surface area contributed by atoms with Gasteiger partial charge in [0.2, 0.25) is 0 Å². The second-order valence-corrected chi connectivity index (χ2v) is 3.62. The molecule has 0 amide bonds. The molecule has 0 spiro atoms. The first-order chi connectivity index (χ1) is 7.31. The van der Waals surface area contributed by atoms with Crippen LogP contribution in [0, 0.1) is 0 Å². The zero-order valence-electron chi connectivity index (χ0n) is 8.69. The summed E-state index contributed by atoms with van der Waals surface area (Å²) in [4.78, 5) is 0. The highest BCUT2D eigenvalue weighted by atomic mass is 15.3. The van der Waals surface area contributed by atoms with Gasteiger partial charge in [0.05, 0.1) is 11.7 Å². The molecule has 2 rings (SSSR count). The Morgan fingerprint density at radius 3 is 3.13 bits per heavy atom. The van der Waals surface area contributed by atoms with E-state index in [0.29, 0.717) is 0 Å². The van der Waals surface area contributed by atoms with Crippen molar-refractivity contribution >= 4 is 16.6 Å². The summed E-state index contributed by atoms with van der Waals surface area (Å²) in [5.41, 5.74) is 7.64. The number of benzene rings is 1. The van der Waals surface area contributed by atoms with Crippen LogP contribution in [0.3, 0.4) is 0 Å². The molecule has 3 nitrogen and oxygen atoms in total. The first-order valence-corrected chi connectivity index (χ1v) is 5.13. The average molecular weight is 201 g/mol. The van der Waals surface area contributed by atoms with E-state index in [9.17, 15) is 0 Å². The molecule has 0 aliphatic carbocycles. The van der Waals surface area contributed by atoms with E-state index in [-0.39, 0.29) is 0 Å². The van der Waals surface area contributed by atoms with Gasteiger partial charge < -0.3 is 5.73 Å². The van der Waals surface area contributed by atoms with Crippen molar-refractivity contribution in [2.45, 2.75) is 19.4 Å². The highest BCUT2D eigenvalue weighted by Gasteiger charge is 2.01. The normalized spacial score (nSPS) is 10.7. The van der Waals surface area contributed by atoms with Gasteiger partial charge in [-0.1, -0.05) is 6.08 Å². The van der Waals surface area contributed by atoms with Crippen LogP contribution in [-0.2, 0) is 6.54 Å². The third-order valence-corrected chi connectivity index (χ3v) is 2.45. The number of hydrogen-bond donors (Lipinski definition) is 1. The first-order valence-electron chi connectivity index (χ1n) is 5.13. The quantitative estimate of drug-likeness (QED) is 0.469. The molecule has 3 heteroatoms. The summed E-state index contributed by atoms with van der Waals surface area (Å²) in [5, 5.41) is 5.48. The van der Waals surface area contributed by atoms with E-state index in [0.717, 1.165) is 36.0 Å². The van der Waals surface area contributed by atoms with E-state index in [1.54, 1.807) is 0 Å². The molecule has 1 heterocycles. The van der Waals surface area contributed by atoms with Gasteiger partial charge in [-0.25, -0.2) is 0 Å². The number of fused-ring (bicyclic) bond motifs is 1. The van der Waals surface area contributed by atoms with Crippen LogP contribution in [-0.4, -0.2) is 9.78 Å². The molecular weight excluding hydrogens is 186 g/mol. The smallest absolute Gasteiger partial charge is 0.0702 e. The lowest BCUT2D eigenvalue weighted by molar-refractivity contribution is 0.602. The number of aryl methyl sites for hydroxylation is 1. The topological polar surface area (TPSA) is 43.8 Å². The highest BCUT2D eigenvalue weighted by molar-refractivity contribution is 5.81. The summed E-state index contributed by atoms with van der Waals surface area (Å²) < 4.78 is 2.00. The second kappa shape index (κ2) is 4.17. The summed E-state index contributed by atoms with van der Waals surface area (Å²) in [7, 11) is 0. The van der Waals surface area contributed by atoms with Gasteiger partial charge in [0.25, 0.3) is 0 Å². The van der Waals surface area contributed by atoms with Gasteiger partial charge in [0.1, 0.15) is 0 Å². The number of hydrogen-bond acceptors (Lipinski definition) is 2.